The van der Waals surface area contributed by atoms with Gasteiger partial charge in [-0.15, -0.1) is 0 Å². The first kappa shape index (κ1) is 9.01. The maximum absolute atomic E-state index is 10.7. The zero-order valence-electron chi connectivity index (χ0n) is 6.26. The van der Waals surface area contributed by atoms with Crippen molar-refractivity contribution in [1.82, 2.24) is 0 Å². The van der Waals surface area contributed by atoms with Crippen molar-refractivity contribution in [2.24, 2.45) is 0 Å². The lowest BCUT2D eigenvalue weighted by Crippen LogP contribution is -2.04. The van der Waals surface area contributed by atoms with Gasteiger partial charge in [0.2, 0.25) is 0 Å². The van der Waals surface area contributed by atoms with Crippen LogP contribution < -0.4 is 0 Å². The number of hydrogen-bond donors (Lipinski definition) is 1. The Labute approximate surface area is 60.3 Å². The van der Waals surface area contributed by atoms with Crippen molar-refractivity contribution in [1.29, 1.82) is 0 Å². The molecule has 3 nitrogen and oxygen atoms in total. The van der Waals surface area contributed by atoms with E-state index in [2.05, 4.69) is 4.74 Å². The van der Waals surface area contributed by atoms with Gasteiger partial charge in [0.05, 0.1) is 18.9 Å². The number of ether oxygens (including phenoxy) is 1. The van der Waals surface area contributed by atoms with Gasteiger partial charge in [-0.2, -0.15) is 0 Å². The van der Waals surface area contributed by atoms with E-state index in [0.717, 1.165) is 12.7 Å². The molecule has 3 heteroatoms. The summed E-state index contributed by atoms with van der Waals surface area (Å²) in [6.07, 6.45) is 2.18. The second kappa shape index (κ2) is 4.85. The summed E-state index contributed by atoms with van der Waals surface area (Å²) in [5, 5.41) is 8.50. The van der Waals surface area contributed by atoms with Crippen LogP contribution in [0.1, 0.15) is 19.8 Å². The summed E-state index contributed by atoms with van der Waals surface area (Å²) in [5.74, 6) is -0.454. The Balaban J connectivity index is 3.95. The Kier molecular flexibility index (Phi) is 4.37. The zero-order chi connectivity index (χ0) is 7.98. The van der Waals surface area contributed by atoms with Crippen LogP contribution >= 0.6 is 0 Å². The number of esters is 1. The molecule has 1 N–H and O–H groups in total. The fourth-order valence-corrected chi connectivity index (χ4v) is 0.620. The molecule has 0 unspecified atom stereocenters. The number of carbonyl (C=O) groups excluding carboxylic acids is 1. The molecular formula is C7H12O3. The van der Waals surface area contributed by atoms with E-state index >= 15 is 0 Å². The van der Waals surface area contributed by atoms with Crippen LogP contribution in [-0.4, -0.2) is 18.2 Å². The molecule has 0 aromatic rings. The highest BCUT2D eigenvalue weighted by Crippen LogP contribution is 2.04. The lowest BCUT2D eigenvalue weighted by atomic mass is 10.2. The molecule has 0 amide bonds. The summed E-state index contributed by atoms with van der Waals surface area (Å²) in [4.78, 5) is 10.7. The summed E-state index contributed by atoms with van der Waals surface area (Å²) in [7, 11) is 1.29. The molecule has 0 aromatic carbocycles. The molecule has 0 spiro atoms. The van der Waals surface area contributed by atoms with E-state index in [9.17, 15) is 4.79 Å². The van der Waals surface area contributed by atoms with Crippen LogP contribution in [0.4, 0.5) is 0 Å². The molecule has 0 aliphatic carbocycles. The first-order chi connectivity index (χ1) is 4.76. The second-order valence-corrected chi connectivity index (χ2v) is 1.90. The van der Waals surface area contributed by atoms with Crippen molar-refractivity contribution in [2.75, 3.05) is 7.11 Å². The predicted molar refractivity (Wildman–Crippen MR) is 37.6 cm³/mol. The molecule has 0 aliphatic heterocycles. The van der Waals surface area contributed by atoms with Crippen LogP contribution in [0.2, 0.25) is 0 Å². The van der Waals surface area contributed by atoms with Gasteiger partial charge in [-0.25, -0.2) is 4.79 Å². The molecule has 0 saturated carbocycles. The van der Waals surface area contributed by atoms with Crippen LogP contribution in [0.3, 0.4) is 0 Å². The smallest absolute Gasteiger partial charge is 0.336 e. The van der Waals surface area contributed by atoms with Gasteiger partial charge in [-0.05, 0) is 6.42 Å². The largest absolute Gasteiger partial charge is 0.515 e. The molecule has 10 heavy (non-hydrogen) atoms. The van der Waals surface area contributed by atoms with Gasteiger partial charge < -0.3 is 9.84 Å². The van der Waals surface area contributed by atoms with E-state index in [-0.39, 0.29) is 0 Å². The average molecular weight is 144 g/mol. The van der Waals surface area contributed by atoms with Gasteiger partial charge in [0.25, 0.3) is 0 Å². The number of aliphatic hydroxyl groups excluding tert-OH is 1. The highest BCUT2D eigenvalue weighted by molar-refractivity contribution is 5.87. The van der Waals surface area contributed by atoms with Gasteiger partial charge in [0.15, 0.2) is 0 Å². The molecule has 0 aliphatic rings. The number of rotatable bonds is 3. The van der Waals surface area contributed by atoms with Crippen molar-refractivity contribution in [3.63, 3.8) is 0 Å². The Morgan fingerprint density at radius 3 is 2.60 bits per heavy atom. The molecule has 0 rings (SSSR count). The highest BCUT2D eigenvalue weighted by atomic mass is 16.5. The number of methoxy groups -OCH3 is 1. The quantitative estimate of drug-likeness (QED) is 0.370. The van der Waals surface area contributed by atoms with Crippen LogP contribution in [-0.2, 0) is 9.53 Å². The van der Waals surface area contributed by atoms with E-state index in [1.165, 1.54) is 7.11 Å². The topological polar surface area (TPSA) is 46.5 Å². The molecule has 58 valence electrons. The van der Waals surface area contributed by atoms with Crippen molar-refractivity contribution in [3.05, 3.63) is 11.8 Å². The lowest BCUT2D eigenvalue weighted by molar-refractivity contribution is -0.136. The monoisotopic (exact) mass is 144 g/mol. The van der Waals surface area contributed by atoms with Gasteiger partial charge in [0, 0.05) is 0 Å². The summed E-state index contributed by atoms with van der Waals surface area (Å²) >= 11 is 0. The second-order valence-electron chi connectivity index (χ2n) is 1.90. The van der Waals surface area contributed by atoms with E-state index < -0.39 is 5.97 Å². The van der Waals surface area contributed by atoms with E-state index in [4.69, 9.17) is 5.11 Å². The van der Waals surface area contributed by atoms with Gasteiger partial charge >= 0.3 is 5.97 Å². The van der Waals surface area contributed by atoms with Crippen molar-refractivity contribution in [3.8, 4) is 0 Å². The number of hydrogen-bond acceptors (Lipinski definition) is 3. The van der Waals surface area contributed by atoms with E-state index in [1.807, 2.05) is 6.92 Å². The van der Waals surface area contributed by atoms with Crippen LogP contribution in [0.15, 0.2) is 11.8 Å². The van der Waals surface area contributed by atoms with Crippen LogP contribution in [0.25, 0.3) is 0 Å². The number of carbonyl (C=O) groups is 1. The first-order valence-corrected chi connectivity index (χ1v) is 3.17. The van der Waals surface area contributed by atoms with Gasteiger partial charge in [-0.1, -0.05) is 13.3 Å². The minimum absolute atomic E-state index is 0.324. The SMILES string of the molecule is CCCC(=CO)C(=O)OC. The highest BCUT2D eigenvalue weighted by Gasteiger charge is 2.06. The maximum Gasteiger partial charge on any atom is 0.336 e. The normalized spacial score (nSPS) is 11.2. The molecular weight excluding hydrogens is 132 g/mol. The predicted octanol–water partition coefficient (Wildman–Crippen LogP) is 1.40. The molecule has 0 atom stereocenters. The third-order valence-electron chi connectivity index (χ3n) is 1.12. The maximum atomic E-state index is 10.7. The first-order valence-electron chi connectivity index (χ1n) is 3.17. The fourth-order valence-electron chi connectivity index (χ4n) is 0.620. The molecule has 0 bridgehead atoms. The zero-order valence-corrected chi connectivity index (χ0v) is 6.26. The Hall–Kier alpha value is -0.990. The summed E-state index contributed by atoms with van der Waals surface area (Å²) in [6.45, 7) is 1.92. The molecule has 0 heterocycles. The summed E-state index contributed by atoms with van der Waals surface area (Å²) < 4.78 is 4.39. The third kappa shape index (κ3) is 2.53. The Bertz CT molecular complexity index is 138. The van der Waals surface area contributed by atoms with Crippen molar-refractivity contribution >= 4 is 5.97 Å². The summed E-state index contributed by atoms with van der Waals surface area (Å²) in [5.41, 5.74) is 0.324. The van der Waals surface area contributed by atoms with E-state index in [0.29, 0.717) is 12.0 Å². The Morgan fingerprint density at radius 1 is 1.70 bits per heavy atom. The molecule has 0 fully saturated rings. The third-order valence-corrected chi connectivity index (χ3v) is 1.12. The lowest BCUT2D eigenvalue weighted by Gasteiger charge is -1.99. The molecule has 0 aromatic heterocycles. The minimum Gasteiger partial charge on any atom is -0.515 e. The summed E-state index contributed by atoms with van der Waals surface area (Å²) in [6, 6.07) is 0. The molecule has 0 saturated heterocycles. The van der Waals surface area contributed by atoms with Crippen molar-refractivity contribution < 1.29 is 14.6 Å². The van der Waals surface area contributed by atoms with Gasteiger partial charge in [-0.3, -0.25) is 0 Å². The van der Waals surface area contributed by atoms with Crippen LogP contribution in [0, 0.1) is 0 Å². The number of aliphatic hydroxyl groups is 1. The minimum atomic E-state index is -0.454. The van der Waals surface area contributed by atoms with Gasteiger partial charge in [0.1, 0.15) is 0 Å². The van der Waals surface area contributed by atoms with E-state index in [1.54, 1.807) is 0 Å². The van der Waals surface area contributed by atoms with Crippen LogP contribution in [0.5, 0.6) is 0 Å². The fraction of sp³-hybridized carbons (Fsp3) is 0.571. The van der Waals surface area contributed by atoms with Crippen molar-refractivity contribution in [2.45, 2.75) is 19.8 Å². The standard InChI is InChI=1S/C7H12O3/c1-3-4-6(5-8)7(9)10-2/h5,8H,3-4H2,1-2H3. The average Bonchev–Trinajstić information content (AvgIpc) is 1.99. The Morgan fingerprint density at radius 2 is 2.30 bits per heavy atom. The molecule has 0 radical (unpaired) electrons.